The second-order valence-corrected chi connectivity index (χ2v) is 11.0. The number of hydrogen-bond donors (Lipinski definition) is 2. The van der Waals surface area contributed by atoms with Gasteiger partial charge in [0.25, 0.3) is 11.8 Å². The van der Waals surface area contributed by atoms with Crippen molar-refractivity contribution >= 4 is 75.1 Å². The van der Waals surface area contributed by atoms with Crippen LogP contribution in [0.15, 0.2) is 33.4 Å². The van der Waals surface area contributed by atoms with Crippen molar-refractivity contribution in [3.8, 4) is 0 Å². The Kier molecular flexibility index (Phi) is 8.66. The summed E-state index contributed by atoms with van der Waals surface area (Å²) in [6.45, 7) is 4.45. The summed E-state index contributed by atoms with van der Waals surface area (Å²) in [7, 11) is 1.28. The number of nitrogens with two attached hydrogens (primary N) is 1. The van der Waals surface area contributed by atoms with E-state index in [0.717, 1.165) is 21.9 Å². The van der Waals surface area contributed by atoms with E-state index in [1.807, 2.05) is 13.0 Å². The summed E-state index contributed by atoms with van der Waals surface area (Å²) in [4.78, 5) is 66.0. The van der Waals surface area contributed by atoms with Crippen LogP contribution in [-0.4, -0.2) is 74.9 Å². The number of nitrogens with one attached hydrogen (secondary N) is 1. The van der Waals surface area contributed by atoms with Crippen LogP contribution < -0.4 is 11.1 Å². The zero-order chi connectivity index (χ0) is 28.3. The van der Waals surface area contributed by atoms with E-state index in [1.54, 1.807) is 17.0 Å². The summed E-state index contributed by atoms with van der Waals surface area (Å²) in [6, 6.07) is -0.955. The van der Waals surface area contributed by atoms with E-state index in [2.05, 4.69) is 20.4 Å². The first-order valence-electron chi connectivity index (χ1n) is 11.4. The van der Waals surface area contributed by atoms with Crippen LogP contribution >= 0.6 is 34.4 Å². The van der Waals surface area contributed by atoms with E-state index in [9.17, 15) is 19.2 Å². The number of amides is 2. The van der Waals surface area contributed by atoms with Crippen molar-refractivity contribution in [3.05, 3.63) is 44.5 Å². The summed E-state index contributed by atoms with van der Waals surface area (Å²) in [5, 5.41) is 7.58. The first kappa shape index (κ1) is 28.3. The topological polar surface area (TPSA) is 175 Å². The first-order valence-corrected chi connectivity index (χ1v) is 14.2. The lowest BCUT2D eigenvalue weighted by Crippen LogP contribution is -2.71. The molecule has 2 unspecified atom stereocenters. The zero-order valence-electron chi connectivity index (χ0n) is 21.2. The average molecular weight is 593 g/mol. The van der Waals surface area contributed by atoms with Gasteiger partial charge in [0, 0.05) is 29.9 Å². The number of allylic oxidation sites excluding steroid dienone is 1. The number of carbonyl (C=O) groups is 4. The molecule has 4 heterocycles. The van der Waals surface area contributed by atoms with Crippen molar-refractivity contribution in [2.45, 2.75) is 38.5 Å². The number of β-lactam (4-membered cyclic amide) rings is 1. The second kappa shape index (κ2) is 12.0. The highest BCUT2D eigenvalue weighted by Crippen LogP contribution is 2.41. The number of anilines is 1. The standard InChI is InChI=1S/C23H24N6O7S3/c1-10-15(39-9-25-10)6-5-13-7-37-21-17(27-19(31)16(28-34-4)14-8-38-23(24)26-14)20(32)29(21)18(13)22(33)36-12(3)35-11(2)30/h5-6,8-9,12,17,21H,7H2,1-4H3,(H2,24,26)(H,27,31)/t12?,17?,21-/m0/s1. The van der Waals surface area contributed by atoms with Gasteiger partial charge in [-0.25, -0.2) is 14.8 Å². The fraction of sp³-hybridized carbons (Fsp3) is 0.348. The molecule has 1 saturated heterocycles. The van der Waals surface area contributed by atoms with Gasteiger partial charge in [-0.3, -0.25) is 19.3 Å². The predicted octanol–water partition coefficient (Wildman–Crippen LogP) is 1.66. The van der Waals surface area contributed by atoms with Gasteiger partial charge in [0.1, 0.15) is 29.9 Å². The minimum atomic E-state index is -1.17. The van der Waals surface area contributed by atoms with Crippen molar-refractivity contribution in [2.24, 2.45) is 5.16 Å². The normalized spacial score (nSPS) is 19.8. The van der Waals surface area contributed by atoms with Gasteiger partial charge in [0.05, 0.1) is 11.2 Å². The van der Waals surface area contributed by atoms with Crippen LogP contribution in [0.4, 0.5) is 5.13 Å². The Hall–Kier alpha value is -3.76. The van der Waals surface area contributed by atoms with Gasteiger partial charge in [-0.2, -0.15) is 0 Å². The molecule has 2 aromatic rings. The van der Waals surface area contributed by atoms with Crippen LogP contribution in [0.1, 0.15) is 30.1 Å². The highest BCUT2D eigenvalue weighted by molar-refractivity contribution is 8.00. The molecule has 39 heavy (non-hydrogen) atoms. The average Bonchev–Trinajstić information content (AvgIpc) is 3.50. The van der Waals surface area contributed by atoms with E-state index in [1.165, 1.54) is 49.0 Å². The number of fused-ring (bicyclic) bond motifs is 1. The number of rotatable bonds is 9. The lowest BCUT2D eigenvalue weighted by molar-refractivity contribution is -0.182. The first-order chi connectivity index (χ1) is 18.6. The van der Waals surface area contributed by atoms with Gasteiger partial charge < -0.3 is 25.4 Å². The van der Waals surface area contributed by atoms with Crippen LogP contribution in [0.5, 0.6) is 0 Å². The van der Waals surface area contributed by atoms with Gasteiger partial charge in [-0.1, -0.05) is 11.2 Å². The fourth-order valence-electron chi connectivity index (χ4n) is 3.77. The highest BCUT2D eigenvalue weighted by Gasteiger charge is 2.54. The monoisotopic (exact) mass is 592 g/mol. The number of ether oxygens (including phenoxy) is 2. The van der Waals surface area contributed by atoms with E-state index < -0.39 is 41.5 Å². The molecule has 3 atom stereocenters. The lowest BCUT2D eigenvalue weighted by atomic mass is 10.0. The minimum absolute atomic E-state index is 0.00438. The Labute approximate surface area is 235 Å². The van der Waals surface area contributed by atoms with Gasteiger partial charge in [-0.15, -0.1) is 34.4 Å². The van der Waals surface area contributed by atoms with Crippen LogP contribution in [0.25, 0.3) is 6.08 Å². The molecule has 0 spiro atoms. The SMILES string of the molecule is CON=C(C(=O)NC1C(=O)N2C(C(=O)OC(C)OC(C)=O)=C(C=Cc3scnc3C)CS[C@@H]12)c1csc(N)n1. The molecule has 2 aliphatic rings. The number of aromatic nitrogens is 2. The van der Waals surface area contributed by atoms with Crippen molar-refractivity contribution in [1.82, 2.24) is 20.2 Å². The molecule has 0 aromatic carbocycles. The number of hydrogen-bond acceptors (Lipinski definition) is 14. The van der Waals surface area contributed by atoms with Crippen molar-refractivity contribution in [2.75, 3.05) is 18.6 Å². The van der Waals surface area contributed by atoms with E-state index in [-0.39, 0.29) is 22.2 Å². The number of oxime groups is 1. The molecular formula is C23H24N6O7S3. The van der Waals surface area contributed by atoms with Gasteiger partial charge >= 0.3 is 11.9 Å². The van der Waals surface area contributed by atoms with Gasteiger partial charge in [0.15, 0.2) is 10.8 Å². The third kappa shape index (κ3) is 6.12. The quantitative estimate of drug-likeness (QED) is 0.142. The molecule has 16 heteroatoms. The molecule has 0 saturated carbocycles. The molecule has 3 N–H and O–H groups in total. The van der Waals surface area contributed by atoms with Crippen LogP contribution in [0, 0.1) is 6.92 Å². The second-order valence-electron chi connectivity index (χ2n) is 8.15. The van der Waals surface area contributed by atoms with Crippen molar-refractivity contribution in [1.29, 1.82) is 0 Å². The number of esters is 2. The third-order valence-corrected chi connectivity index (χ3v) is 8.34. The third-order valence-electron chi connectivity index (χ3n) is 5.46. The molecule has 0 radical (unpaired) electrons. The van der Waals surface area contributed by atoms with Crippen molar-refractivity contribution < 1.29 is 33.5 Å². The maximum absolute atomic E-state index is 13.3. The van der Waals surface area contributed by atoms with Gasteiger partial charge in [-0.05, 0) is 18.6 Å². The molecule has 4 rings (SSSR count). The van der Waals surface area contributed by atoms with Gasteiger partial charge in [0.2, 0.25) is 6.29 Å². The largest absolute Gasteiger partial charge is 0.426 e. The highest BCUT2D eigenvalue weighted by atomic mass is 32.2. The lowest BCUT2D eigenvalue weighted by Gasteiger charge is -2.49. The molecule has 2 aliphatic heterocycles. The number of thiazole rings is 2. The Morgan fingerprint density at radius 2 is 2.05 bits per heavy atom. The molecule has 0 aliphatic carbocycles. The predicted molar refractivity (Wildman–Crippen MR) is 145 cm³/mol. The van der Waals surface area contributed by atoms with Crippen molar-refractivity contribution in [3.63, 3.8) is 0 Å². The maximum Gasteiger partial charge on any atom is 0.358 e. The summed E-state index contributed by atoms with van der Waals surface area (Å²) >= 11 is 3.92. The maximum atomic E-state index is 13.3. The number of carbonyl (C=O) groups excluding carboxylic acids is 4. The molecule has 0 bridgehead atoms. The van der Waals surface area contributed by atoms with Crippen LogP contribution in [0.3, 0.4) is 0 Å². The number of thioether (sulfide) groups is 1. The zero-order valence-corrected chi connectivity index (χ0v) is 23.6. The van der Waals surface area contributed by atoms with E-state index >= 15 is 0 Å². The smallest absolute Gasteiger partial charge is 0.358 e. The molecule has 206 valence electrons. The summed E-state index contributed by atoms with van der Waals surface area (Å²) in [5.41, 5.74) is 8.79. The Balaban J connectivity index is 1.59. The molecule has 13 nitrogen and oxygen atoms in total. The van der Waals surface area contributed by atoms with E-state index in [4.69, 9.17) is 20.0 Å². The molecule has 2 aromatic heterocycles. The summed E-state index contributed by atoms with van der Waals surface area (Å²) in [6.07, 6.45) is 2.36. The Morgan fingerprint density at radius 3 is 2.67 bits per heavy atom. The number of nitrogen functional groups attached to an aromatic ring is 1. The Bertz CT molecular complexity index is 1400. The number of aryl methyl sites for hydroxylation is 1. The van der Waals surface area contributed by atoms with Crippen LogP contribution in [-0.2, 0) is 33.5 Å². The molecule has 2 amide bonds. The van der Waals surface area contributed by atoms with E-state index in [0.29, 0.717) is 11.3 Å². The fourth-order valence-corrected chi connectivity index (χ4v) is 6.33. The van der Waals surface area contributed by atoms with Crippen LogP contribution in [0.2, 0.25) is 0 Å². The number of nitrogens with zero attached hydrogens (tertiary/aromatic N) is 4. The Morgan fingerprint density at radius 1 is 1.28 bits per heavy atom. The molecular weight excluding hydrogens is 568 g/mol. The summed E-state index contributed by atoms with van der Waals surface area (Å²) < 4.78 is 10.2. The molecule has 1 fully saturated rings. The minimum Gasteiger partial charge on any atom is -0.426 e. The summed E-state index contributed by atoms with van der Waals surface area (Å²) in [5.74, 6) is -2.35.